The smallest absolute Gasteiger partial charge is 0.290 e. The highest BCUT2D eigenvalue weighted by atomic mass is 35.5. The SMILES string of the molecule is CON(Cc1ccc(Cl)c(Cl)c1)C(=O)C1CN(CCN2CCOCC2)C(=O)C1=O. The van der Waals surface area contributed by atoms with Gasteiger partial charge in [0.05, 0.1) is 36.9 Å². The maximum Gasteiger partial charge on any atom is 0.290 e. The number of carbonyl (C=O) groups is 3. The molecule has 2 saturated heterocycles. The second-order valence-corrected chi connectivity index (χ2v) is 7.74. The molecule has 2 heterocycles. The molecule has 0 aliphatic carbocycles. The van der Waals surface area contributed by atoms with Crippen LogP contribution in [0.5, 0.6) is 0 Å². The molecular weight excluding hydrogens is 421 g/mol. The van der Waals surface area contributed by atoms with Crippen molar-refractivity contribution in [2.24, 2.45) is 5.92 Å². The first-order chi connectivity index (χ1) is 13.9. The number of hydrogen-bond acceptors (Lipinski definition) is 6. The van der Waals surface area contributed by atoms with Crippen LogP contribution in [0.2, 0.25) is 10.0 Å². The van der Waals surface area contributed by atoms with Crippen LogP contribution < -0.4 is 0 Å². The van der Waals surface area contributed by atoms with E-state index < -0.39 is 23.5 Å². The molecule has 29 heavy (non-hydrogen) atoms. The number of ketones is 1. The number of Topliss-reactive ketones (excluding diaryl/α,β-unsaturated/α-hetero) is 1. The summed E-state index contributed by atoms with van der Waals surface area (Å²) >= 11 is 11.9. The minimum absolute atomic E-state index is 0.0576. The van der Waals surface area contributed by atoms with E-state index in [0.717, 1.165) is 18.2 Å². The lowest BCUT2D eigenvalue weighted by molar-refractivity contribution is -0.183. The van der Waals surface area contributed by atoms with E-state index in [0.29, 0.717) is 41.9 Å². The van der Waals surface area contributed by atoms with Gasteiger partial charge in [-0.25, -0.2) is 5.06 Å². The Balaban J connectivity index is 1.61. The van der Waals surface area contributed by atoms with Crippen LogP contribution >= 0.6 is 23.2 Å². The number of nitrogens with zero attached hydrogens (tertiary/aromatic N) is 3. The highest BCUT2D eigenvalue weighted by Crippen LogP contribution is 2.24. The number of likely N-dealkylation sites (tertiary alicyclic amines) is 1. The summed E-state index contributed by atoms with van der Waals surface area (Å²) in [5, 5.41) is 1.83. The lowest BCUT2D eigenvalue weighted by Gasteiger charge is -2.28. The van der Waals surface area contributed by atoms with Gasteiger partial charge >= 0.3 is 0 Å². The van der Waals surface area contributed by atoms with Gasteiger partial charge in [0, 0.05) is 32.7 Å². The summed E-state index contributed by atoms with van der Waals surface area (Å²) in [6.07, 6.45) is 0. The van der Waals surface area contributed by atoms with Crippen molar-refractivity contribution in [3.05, 3.63) is 33.8 Å². The summed E-state index contributed by atoms with van der Waals surface area (Å²) in [4.78, 5) is 46.4. The Kier molecular flexibility index (Phi) is 7.48. The highest BCUT2D eigenvalue weighted by molar-refractivity contribution is 6.42. The van der Waals surface area contributed by atoms with Gasteiger partial charge in [0.25, 0.3) is 11.8 Å². The van der Waals surface area contributed by atoms with Gasteiger partial charge in [0.2, 0.25) is 5.78 Å². The molecule has 1 unspecified atom stereocenters. The number of ether oxygens (including phenoxy) is 1. The molecule has 2 fully saturated rings. The Labute approximate surface area is 179 Å². The van der Waals surface area contributed by atoms with Crippen LogP contribution in [0.1, 0.15) is 5.56 Å². The number of morpholine rings is 1. The number of amides is 2. The Morgan fingerprint density at radius 2 is 1.93 bits per heavy atom. The molecular formula is C19H23Cl2N3O5. The predicted octanol–water partition coefficient (Wildman–Crippen LogP) is 1.24. The number of rotatable bonds is 7. The van der Waals surface area contributed by atoms with E-state index in [1.165, 1.54) is 12.0 Å². The first kappa shape index (κ1) is 22.0. The third-order valence-electron chi connectivity index (χ3n) is 5.08. The van der Waals surface area contributed by atoms with Crippen molar-refractivity contribution in [1.29, 1.82) is 0 Å². The van der Waals surface area contributed by atoms with Crippen LogP contribution in [-0.2, 0) is 30.5 Å². The minimum Gasteiger partial charge on any atom is -0.379 e. The summed E-state index contributed by atoms with van der Waals surface area (Å²) in [6.45, 7) is 4.07. The van der Waals surface area contributed by atoms with Crippen LogP contribution in [-0.4, -0.2) is 85.5 Å². The standard InChI is InChI=1S/C19H23Cl2N3O5/c1-28-24(11-13-2-3-15(20)16(21)10-13)18(26)14-12-23(19(27)17(14)25)5-4-22-6-8-29-9-7-22/h2-3,10,14H,4-9,11-12H2,1H3. The molecule has 0 bridgehead atoms. The molecule has 158 valence electrons. The third kappa shape index (κ3) is 5.26. The topological polar surface area (TPSA) is 79.4 Å². The number of hydroxylamine groups is 2. The molecule has 10 heteroatoms. The quantitative estimate of drug-likeness (QED) is 0.358. The average Bonchev–Trinajstić information content (AvgIpc) is 3.01. The van der Waals surface area contributed by atoms with Crippen LogP contribution in [0.4, 0.5) is 0 Å². The van der Waals surface area contributed by atoms with E-state index in [1.54, 1.807) is 18.2 Å². The van der Waals surface area contributed by atoms with Crippen LogP contribution in [0.25, 0.3) is 0 Å². The number of hydrogen-bond donors (Lipinski definition) is 0. The molecule has 0 aromatic heterocycles. The second kappa shape index (κ2) is 9.86. The fourth-order valence-electron chi connectivity index (χ4n) is 3.37. The molecule has 0 saturated carbocycles. The summed E-state index contributed by atoms with van der Waals surface area (Å²) < 4.78 is 5.30. The molecule has 0 radical (unpaired) electrons. The number of benzene rings is 1. The van der Waals surface area contributed by atoms with Gasteiger partial charge in [-0.2, -0.15) is 0 Å². The zero-order valence-corrected chi connectivity index (χ0v) is 17.6. The van der Waals surface area contributed by atoms with E-state index >= 15 is 0 Å². The first-order valence-corrected chi connectivity index (χ1v) is 10.1. The molecule has 2 aliphatic heterocycles. The van der Waals surface area contributed by atoms with Crippen molar-refractivity contribution in [3.8, 4) is 0 Å². The number of carbonyl (C=O) groups excluding carboxylic acids is 3. The lowest BCUT2D eigenvalue weighted by Crippen LogP contribution is -2.42. The normalized spacial score (nSPS) is 20.4. The van der Waals surface area contributed by atoms with E-state index in [-0.39, 0.29) is 13.1 Å². The van der Waals surface area contributed by atoms with Gasteiger partial charge in [-0.15, -0.1) is 0 Å². The molecule has 1 aromatic rings. The molecule has 3 rings (SSSR count). The molecule has 0 spiro atoms. The molecule has 2 aliphatic rings. The van der Waals surface area contributed by atoms with Gasteiger partial charge in [-0.3, -0.25) is 24.1 Å². The largest absolute Gasteiger partial charge is 0.379 e. The monoisotopic (exact) mass is 443 g/mol. The van der Waals surface area contributed by atoms with Crippen LogP contribution in [0.15, 0.2) is 18.2 Å². The summed E-state index contributed by atoms with van der Waals surface area (Å²) in [5.41, 5.74) is 0.690. The summed E-state index contributed by atoms with van der Waals surface area (Å²) in [5.74, 6) is -2.95. The molecule has 8 nitrogen and oxygen atoms in total. The summed E-state index contributed by atoms with van der Waals surface area (Å²) in [7, 11) is 1.34. The molecule has 1 atom stereocenters. The fourth-order valence-corrected chi connectivity index (χ4v) is 3.69. The third-order valence-corrected chi connectivity index (χ3v) is 5.82. The van der Waals surface area contributed by atoms with Gasteiger partial charge < -0.3 is 9.64 Å². The average molecular weight is 444 g/mol. The minimum atomic E-state index is -1.07. The van der Waals surface area contributed by atoms with Gasteiger partial charge in [0.1, 0.15) is 5.92 Å². The molecule has 2 amide bonds. The number of halogens is 2. The zero-order valence-electron chi connectivity index (χ0n) is 16.1. The van der Waals surface area contributed by atoms with Crippen molar-refractivity contribution in [1.82, 2.24) is 14.9 Å². The Hall–Kier alpha value is -1.71. The van der Waals surface area contributed by atoms with E-state index in [4.69, 9.17) is 32.8 Å². The fraction of sp³-hybridized carbons (Fsp3) is 0.526. The lowest BCUT2D eigenvalue weighted by atomic mass is 10.1. The van der Waals surface area contributed by atoms with Crippen molar-refractivity contribution in [3.63, 3.8) is 0 Å². The maximum absolute atomic E-state index is 12.9. The maximum atomic E-state index is 12.9. The van der Waals surface area contributed by atoms with Crippen LogP contribution in [0, 0.1) is 5.92 Å². The van der Waals surface area contributed by atoms with Gasteiger partial charge in [0.15, 0.2) is 0 Å². The van der Waals surface area contributed by atoms with Crippen molar-refractivity contribution >= 4 is 40.8 Å². The van der Waals surface area contributed by atoms with Crippen molar-refractivity contribution in [2.75, 3.05) is 53.0 Å². The Bertz CT molecular complexity index is 785. The van der Waals surface area contributed by atoms with Gasteiger partial charge in [-0.05, 0) is 17.7 Å². The van der Waals surface area contributed by atoms with Crippen LogP contribution in [0.3, 0.4) is 0 Å². The second-order valence-electron chi connectivity index (χ2n) is 6.93. The predicted molar refractivity (Wildman–Crippen MR) is 106 cm³/mol. The van der Waals surface area contributed by atoms with E-state index in [2.05, 4.69) is 4.90 Å². The molecule has 0 N–H and O–H groups in total. The van der Waals surface area contributed by atoms with Crippen molar-refractivity contribution < 1.29 is 24.0 Å². The highest BCUT2D eigenvalue weighted by Gasteiger charge is 2.44. The van der Waals surface area contributed by atoms with E-state index in [1.807, 2.05) is 0 Å². The zero-order chi connectivity index (χ0) is 21.0. The van der Waals surface area contributed by atoms with E-state index in [9.17, 15) is 14.4 Å². The Morgan fingerprint density at radius 1 is 1.21 bits per heavy atom. The first-order valence-electron chi connectivity index (χ1n) is 9.33. The summed E-state index contributed by atoms with van der Waals surface area (Å²) in [6, 6.07) is 4.96. The van der Waals surface area contributed by atoms with Crippen molar-refractivity contribution in [2.45, 2.75) is 6.54 Å². The van der Waals surface area contributed by atoms with Gasteiger partial charge in [-0.1, -0.05) is 29.3 Å². The Morgan fingerprint density at radius 3 is 2.59 bits per heavy atom. The molecule has 1 aromatic carbocycles.